The van der Waals surface area contributed by atoms with Gasteiger partial charge in [-0.15, -0.1) is 0 Å². The molecule has 0 spiro atoms. The van der Waals surface area contributed by atoms with Crippen LogP contribution in [0.5, 0.6) is 0 Å². The fourth-order valence-electron chi connectivity index (χ4n) is 2.28. The molecule has 0 aromatic heterocycles. The molecule has 2 rings (SSSR count). The molecule has 1 aliphatic heterocycles. The lowest BCUT2D eigenvalue weighted by atomic mass is 9.78. The summed E-state index contributed by atoms with van der Waals surface area (Å²) in [4.78, 5) is 0. The van der Waals surface area contributed by atoms with Gasteiger partial charge in [-0.25, -0.2) is 0 Å². The molecule has 8 heteroatoms. The molecule has 1 aliphatic rings. The molecule has 1 aromatic rings. The summed E-state index contributed by atoms with van der Waals surface area (Å²) >= 11 is 7.33. The minimum Gasteiger partial charge on any atom is -0.400 e. The summed E-state index contributed by atoms with van der Waals surface area (Å²) in [5, 5.41) is 0. The van der Waals surface area contributed by atoms with Crippen molar-refractivity contribution in [1.29, 1.82) is 0 Å². The number of halogens is 4. The number of hydrogen-bond donors (Lipinski definition) is 1. The van der Waals surface area contributed by atoms with Crippen LogP contribution in [0.2, 0.25) is 0 Å². The smallest absolute Gasteiger partial charge is 0.400 e. The normalized spacial score (nSPS) is 20.5. The number of hydrogen-bond acceptors (Lipinski definition) is 3. The van der Waals surface area contributed by atoms with E-state index in [-0.39, 0.29) is 11.3 Å². The predicted octanol–water partition coefficient (Wildman–Crippen LogP) is 5.41. The van der Waals surface area contributed by atoms with E-state index in [1.807, 2.05) is 27.7 Å². The lowest BCUT2D eigenvalue weighted by Gasteiger charge is -2.32. The molecular weight excluding hydrogens is 404 g/mol. The minimum atomic E-state index is -4.45. The van der Waals surface area contributed by atoms with Crippen LogP contribution in [0.1, 0.15) is 38.8 Å². The molecule has 0 amide bonds. The standard InChI is InChI=1S/C16H19BBrF3O2S/c1-14(2)15(3,4)23-17(22-14)11(9-24)7-10-5-6-12(18)8-13(10)16(19,20)21/h5-8,24H,9H2,1-4H3. The first-order valence-electron chi connectivity index (χ1n) is 7.41. The van der Waals surface area contributed by atoms with E-state index >= 15 is 0 Å². The number of thiol groups is 1. The third-order valence-electron chi connectivity index (χ3n) is 4.40. The summed E-state index contributed by atoms with van der Waals surface area (Å²) in [7, 11) is -0.725. The topological polar surface area (TPSA) is 18.5 Å². The molecule has 132 valence electrons. The van der Waals surface area contributed by atoms with Gasteiger partial charge in [0.2, 0.25) is 0 Å². The van der Waals surface area contributed by atoms with Crippen molar-refractivity contribution in [3.05, 3.63) is 39.3 Å². The highest BCUT2D eigenvalue weighted by molar-refractivity contribution is 9.10. The molecule has 0 aliphatic carbocycles. The highest BCUT2D eigenvalue weighted by Crippen LogP contribution is 2.40. The maximum absolute atomic E-state index is 13.3. The van der Waals surface area contributed by atoms with Gasteiger partial charge in [-0.2, -0.15) is 25.8 Å². The Morgan fingerprint density at radius 1 is 1.21 bits per heavy atom. The Hall–Kier alpha value is -0.435. The van der Waals surface area contributed by atoms with Crippen LogP contribution in [0.3, 0.4) is 0 Å². The molecule has 1 aromatic carbocycles. The number of rotatable bonds is 3. The Morgan fingerprint density at radius 3 is 2.21 bits per heavy atom. The van der Waals surface area contributed by atoms with Crippen molar-refractivity contribution < 1.29 is 22.5 Å². The molecule has 0 saturated carbocycles. The molecule has 1 fully saturated rings. The zero-order chi connectivity index (χ0) is 18.3. The summed E-state index contributed by atoms with van der Waals surface area (Å²) in [6, 6.07) is 4.05. The summed E-state index contributed by atoms with van der Waals surface area (Å²) in [6.07, 6.45) is -3.00. The van der Waals surface area contributed by atoms with E-state index < -0.39 is 30.1 Å². The Kier molecular flexibility index (Phi) is 5.55. The van der Waals surface area contributed by atoms with Crippen molar-refractivity contribution in [2.75, 3.05) is 5.75 Å². The van der Waals surface area contributed by atoms with Crippen LogP contribution in [0, 0.1) is 0 Å². The highest BCUT2D eigenvalue weighted by atomic mass is 79.9. The van der Waals surface area contributed by atoms with Gasteiger partial charge in [0.15, 0.2) is 0 Å². The van der Waals surface area contributed by atoms with Crippen molar-refractivity contribution in [2.24, 2.45) is 0 Å². The second-order valence-corrected chi connectivity index (χ2v) is 7.93. The van der Waals surface area contributed by atoms with Gasteiger partial charge in [0, 0.05) is 10.2 Å². The van der Waals surface area contributed by atoms with Gasteiger partial charge in [-0.05, 0) is 50.9 Å². The molecule has 1 heterocycles. The number of alkyl halides is 3. The van der Waals surface area contributed by atoms with E-state index in [1.54, 1.807) is 6.07 Å². The average molecular weight is 423 g/mol. The Bertz CT molecular complexity index is 643. The van der Waals surface area contributed by atoms with E-state index in [0.29, 0.717) is 9.95 Å². The Balaban J connectivity index is 2.43. The van der Waals surface area contributed by atoms with E-state index in [9.17, 15) is 13.2 Å². The van der Waals surface area contributed by atoms with Gasteiger partial charge in [-0.1, -0.05) is 28.1 Å². The maximum atomic E-state index is 13.3. The van der Waals surface area contributed by atoms with Crippen LogP contribution >= 0.6 is 28.6 Å². The van der Waals surface area contributed by atoms with Crippen molar-refractivity contribution in [3.63, 3.8) is 0 Å². The van der Waals surface area contributed by atoms with Crippen LogP contribution in [-0.4, -0.2) is 24.1 Å². The quantitative estimate of drug-likeness (QED) is 0.518. The van der Waals surface area contributed by atoms with Gasteiger partial charge in [0.25, 0.3) is 0 Å². The molecule has 24 heavy (non-hydrogen) atoms. The molecule has 0 atom stereocenters. The average Bonchev–Trinajstić information content (AvgIpc) is 2.64. The van der Waals surface area contributed by atoms with Crippen LogP contribution in [-0.2, 0) is 15.5 Å². The van der Waals surface area contributed by atoms with Crippen molar-refractivity contribution >= 4 is 41.8 Å². The molecule has 0 N–H and O–H groups in total. The number of benzene rings is 1. The summed E-state index contributed by atoms with van der Waals surface area (Å²) < 4.78 is 52.0. The van der Waals surface area contributed by atoms with E-state index in [0.717, 1.165) is 6.07 Å². The molecule has 2 nitrogen and oxygen atoms in total. The zero-order valence-corrected chi connectivity index (χ0v) is 16.3. The van der Waals surface area contributed by atoms with Crippen LogP contribution < -0.4 is 0 Å². The summed E-state index contributed by atoms with van der Waals surface area (Å²) in [5.41, 5.74) is -1.24. The third-order valence-corrected chi connectivity index (χ3v) is 5.26. The van der Waals surface area contributed by atoms with Crippen LogP contribution in [0.25, 0.3) is 6.08 Å². The highest BCUT2D eigenvalue weighted by Gasteiger charge is 2.52. The van der Waals surface area contributed by atoms with Crippen molar-refractivity contribution in [3.8, 4) is 0 Å². The lowest BCUT2D eigenvalue weighted by Crippen LogP contribution is -2.41. The van der Waals surface area contributed by atoms with Gasteiger partial charge < -0.3 is 9.31 Å². The molecule has 0 bridgehead atoms. The Labute approximate surface area is 154 Å². The first kappa shape index (κ1) is 19.9. The zero-order valence-electron chi connectivity index (χ0n) is 13.9. The second-order valence-electron chi connectivity index (χ2n) is 6.69. The molecular formula is C16H19BBrF3O2S. The van der Waals surface area contributed by atoms with E-state index in [1.165, 1.54) is 12.1 Å². The lowest BCUT2D eigenvalue weighted by molar-refractivity contribution is -0.137. The minimum absolute atomic E-state index is 0.0597. The SMILES string of the molecule is CC1(C)OB(C(=Cc2ccc(Br)cc2C(F)(F)F)CS)OC1(C)C. The molecule has 1 saturated heterocycles. The van der Waals surface area contributed by atoms with Crippen LogP contribution in [0.15, 0.2) is 28.1 Å². The summed E-state index contributed by atoms with van der Waals surface area (Å²) in [6.45, 7) is 7.57. The largest absolute Gasteiger partial charge is 0.491 e. The summed E-state index contributed by atoms with van der Waals surface area (Å²) in [5.74, 6) is 0.226. The fourth-order valence-corrected chi connectivity index (χ4v) is 2.88. The Morgan fingerprint density at radius 2 is 1.75 bits per heavy atom. The van der Waals surface area contributed by atoms with Gasteiger partial charge in [-0.3, -0.25) is 0 Å². The van der Waals surface area contributed by atoms with Crippen molar-refractivity contribution in [1.82, 2.24) is 0 Å². The molecule has 0 radical (unpaired) electrons. The van der Waals surface area contributed by atoms with E-state index in [2.05, 4.69) is 28.6 Å². The fraction of sp³-hybridized carbons (Fsp3) is 0.500. The van der Waals surface area contributed by atoms with Gasteiger partial charge in [0.05, 0.1) is 16.8 Å². The van der Waals surface area contributed by atoms with Crippen molar-refractivity contribution in [2.45, 2.75) is 45.1 Å². The van der Waals surface area contributed by atoms with Gasteiger partial charge >= 0.3 is 13.3 Å². The van der Waals surface area contributed by atoms with Crippen LogP contribution in [0.4, 0.5) is 13.2 Å². The maximum Gasteiger partial charge on any atom is 0.491 e. The van der Waals surface area contributed by atoms with Gasteiger partial charge in [0.1, 0.15) is 0 Å². The predicted molar refractivity (Wildman–Crippen MR) is 97.1 cm³/mol. The third kappa shape index (κ3) is 4.03. The monoisotopic (exact) mass is 422 g/mol. The second kappa shape index (κ2) is 6.70. The van der Waals surface area contributed by atoms with E-state index in [4.69, 9.17) is 9.31 Å². The molecule has 0 unspecified atom stereocenters. The first-order valence-corrected chi connectivity index (χ1v) is 8.83. The first-order chi connectivity index (χ1) is 10.9.